The quantitative estimate of drug-likeness (QED) is 0.769. The van der Waals surface area contributed by atoms with Crippen molar-refractivity contribution >= 4 is 5.91 Å². The first-order chi connectivity index (χ1) is 12.0. The number of ether oxygens (including phenoxy) is 2. The molecule has 0 aliphatic carbocycles. The van der Waals surface area contributed by atoms with E-state index in [2.05, 4.69) is 12.2 Å². The molecule has 0 saturated carbocycles. The summed E-state index contributed by atoms with van der Waals surface area (Å²) in [4.78, 5) is 12.4. The number of hydrogen-bond acceptors (Lipinski definition) is 3. The topological polar surface area (TPSA) is 47.6 Å². The van der Waals surface area contributed by atoms with Crippen molar-refractivity contribution in [1.29, 1.82) is 0 Å². The maximum Gasteiger partial charge on any atom is 0.251 e. The van der Waals surface area contributed by atoms with Gasteiger partial charge < -0.3 is 14.8 Å². The van der Waals surface area contributed by atoms with Crippen LogP contribution in [0.2, 0.25) is 0 Å². The van der Waals surface area contributed by atoms with Gasteiger partial charge in [-0.1, -0.05) is 25.5 Å². The predicted octanol–water partition coefficient (Wildman–Crippen LogP) is 4.50. The minimum Gasteiger partial charge on any atom is -0.496 e. The van der Waals surface area contributed by atoms with Gasteiger partial charge in [0, 0.05) is 17.2 Å². The van der Waals surface area contributed by atoms with E-state index < -0.39 is 0 Å². The molecule has 0 aliphatic heterocycles. The minimum atomic E-state index is -0.0691. The molecule has 0 fully saturated rings. The van der Waals surface area contributed by atoms with Crippen LogP contribution in [0.5, 0.6) is 11.5 Å². The number of hydrogen-bond donors (Lipinski definition) is 1. The molecule has 2 aromatic carbocycles. The van der Waals surface area contributed by atoms with Crippen LogP contribution in [-0.2, 0) is 6.61 Å². The van der Waals surface area contributed by atoms with Gasteiger partial charge >= 0.3 is 0 Å². The first kappa shape index (κ1) is 18.8. The molecule has 4 nitrogen and oxygen atoms in total. The summed E-state index contributed by atoms with van der Waals surface area (Å²) in [5, 5.41) is 3.02. The monoisotopic (exact) mass is 341 g/mol. The Morgan fingerprint density at radius 3 is 2.68 bits per heavy atom. The van der Waals surface area contributed by atoms with Crippen molar-refractivity contribution in [2.24, 2.45) is 0 Å². The Morgan fingerprint density at radius 1 is 1.20 bits per heavy atom. The third-order valence-corrected chi connectivity index (χ3v) is 4.03. The summed E-state index contributed by atoms with van der Waals surface area (Å²) < 4.78 is 11.3. The average Bonchev–Trinajstić information content (AvgIpc) is 2.60. The van der Waals surface area contributed by atoms with Crippen molar-refractivity contribution in [2.75, 3.05) is 7.11 Å². The molecule has 0 heterocycles. The second-order valence-corrected chi connectivity index (χ2v) is 6.29. The van der Waals surface area contributed by atoms with Crippen molar-refractivity contribution in [3.63, 3.8) is 0 Å². The Bertz CT molecular complexity index is 712. The second-order valence-electron chi connectivity index (χ2n) is 6.29. The van der Waals surface area contributed by atoms with Crippen LogP contribution in [0.25, 0.3) is 0 Å². The summed E-state index contributed by atoms with van der Waals surface area (Å²) in [6.07, 6.45) is 2.00. The highest BCUT2D eigenvalue weighted by molar-refractivity contribution is 5.94. The first-order valence-electron chi connectivity index (χ1n) is 8.70. The van der Waals surface area contributed by atoms with Gasteiger partial charge in [-0.25, -0.2) is 0 Å². The molecule has 2 rings (SSSR count). The van der Waals surface area contributed by atoms with Gasteiger partial charge in [-0.3, -0.25) is 4.79 Å². The molecule has 0 aliphatic rings. The van der Waals surface area contributed by atoms with E-state index in [4.69, 9.17) is 9.47 Å². The molecule has 1 N–H and O–H groups in total. The Kier molecular flexibility index (Phi) is 6.87. The summed E-state index contributed by atoms with van der Waals surface area (Å²) in [5.41, 5.74) is 2.61. The zero-order chi connectivity index (χ0) is 18.2. The number of aryl methyl sites for hydroxylation is 1. The molecule has 25 heavy (non-hydrogen) atoms. The predicted molar refractivity (Wildman–Crippen MR) is 100 cm³/mol. The van der Waals surface area contributed by atoms with Gasteiger partial charge in [0.1, 0.15) is 18.1 Å². The number of methoxy groups -OCH3 is 1. The lowest BCUT2D eigenvalue weighted by Gasteiger charge is -2.15. The van der Waals surface area contributed by atoms with Gasteiger partial charge in [0.25, 0.3) is 5.91 Å². The molecule has 0 radical (unpaired) electrons. The fourth-order valence-corrected chi connectivity index (χ4v) is 2.71. The SMILES string of the molecule is CCC[C@@H](C)NC(=O)c1ccc(OC)c(COc2cccc(C)c2)c1. The number of rotatable bonds is 8. The van der Waals surface area contributed by atoms with E-state index in [1.54, 1.807) is 13.2 Å². The average molecular weight is 341 g/mol. The molecule has 1 amide bonds. The lowest BCUT2D eigenvalue weighted by molar-refractivity contribution is 0.0938. The van der Waals surface area contributed by atoms with Gasteiger partial charge in [-0.15, -0.1) is 0 Å². The van der Waals surface area contributed by atoms with E-state index in [0.717, 1.165) is 29.7 Å². The van der Waals surface area contributed by atoms with Crippen LogP contribution in [0.15, 0.2) is 42.5 Å². The van der Waals surface area contributed by atoms with Crippen molar-refractivity contribution < 1.29 is 14.3 Å². The summed E-state index contributed by atoms with van der Waals surface area (Å²) >= 11 is 0. The number of amides is 1. The van der Waals surface area contributed by atoms with E-state index in [1.165, 1.54) is 0 Å². The van der Waals surface area contributed by atoms with Crippen LogP contribution in [0.1, 0.15) is 48.2 Å². The van der Waals surface area contributed by atoms with Crippen LogP contribution in [0.4, 0.5) is 0 Å². The molecule has 134 valence electrons. The highest BCUT2D eigenvalue weighted by Crippen LogP contribution is 2.23. The first-order valence-corrected chi connectivity index (χ1v) is 8.70. The summed E-state index contributed by atoms with van der Waals surface area (Å²) in [7, 11) is 1.62. The molecular formula is C21H27NO3. The number of nitrogens with one attached hydrogen (secondary N) is 1. The van der Waals surface area contributed by atoms with E-state index in [1.807, 2.05) is 50.2 Å². The van der Waals surface area contributed by atoms with Crippen LogP contribution in [-0.4, -0.2) is 19.1 Å². The fourth-order valence-electron chi connectivity index (χ4n) is 2.71. The van der Waals surface area contributed by atoms with E-state index in [-0.39, 0.29) is 11.9 Å². The maximum atomic E-state index is 12.4. The zero-order valence-electron chi connectivity index (χ0n) is 15.5. The molecular weight excluding hydrogens is 314 g/mol. The molecule has 2 aromatic rings. The van der Waals surface area contributed by atoms with Crippen LogP contribution < -0.4 is 14.8 Å². The van der Waals surface area contributed by atoms with Crippen molar-refractivity contribution in [3.05, 3.63) is 59.2 Å². The Labute approximate surface area is 150 Å². The van der Waals surface area contributed by atoms with Crippen LogP contribution in [0, 0.1) is 6.92 Å². The van der Waals surface area contributed by atoms with Gasteiger partial charge in [-0.2, -0.15) is 0 Å². The highest BCUT2D eigenvalue weighted by Gasteiger charge is 2.13. The summed E-state index contributed by atoms with van der Waals surface area (Å²) in [6.45, 7) is 6.50. The second kappa shape index (κ2) is 9.11. The Balaban J connectivity index is 2.12. The maximum absolute atomic E-state index is 12.4. The smallest absolute Gasteiger partial charge is 0.251 e. The number of benzene rings is 2. The molecule has 0 spiro atoms. The summed E-state index contributed by atoms with van der Waals surface area (Å²) in [6, 6.07) is 13.5. The Morgan fingerprint density at radius 2 is 2.00 bits per heavy atom. The largest absolute Gasteiger partial charge is 0.496 e. The van der Waals surface area contributed by atoms with Gasteiger partial charge in [0.05, 0.1) is 7.11 Å². The summed E-state index contributed by atoms with van der Waals surface area (Å²) in [5.74, 6) is 1.44. The van der Waals surface area contributed by atoms with E-state index >= 15 is 0 Å². The van der Waals surface area contributed by atoms with Crippen molar-refractivity contribution in [1.82, 2.24) is 5.32 Å². The third-order valence-electron chi connectivity index (χ3n) is 4.03. The lowest BCUT2D eigenvalue weighted by Crippen LogP contribution is -2.32. The third kappa shape index (κ3) is 5.52. The van der Waals surface area contributed by atoms with E-state index in [9.17, 15) is 4.79 Å². The molecule has 4 heteroatoms. The van der Waals surface area contributed by atoms with Gasteiger partial charge in [0.15, 0.2) is 0 Å². The van der Waals surface area contributed by atoms with Crippen LogP contribution in [0.3, 0.4) is 0 Å². The standard InChI is InChI=1S/C21H27NO3/c1-5-7-16(3)22-21(23)17-10-11-20(24-4)18(13-17)14-25-19-9-6-8-15(2)12-19/h6,8-13,16H,5,7,14H2,1-4H3,(H,22,23)/t16-/m1/s1. The fraction of sp³-hybridized carbons (Fsp3) is 0.381. The Hall–Kier alpha value is -2.49. The molecule has 0 aromatic heterocycles. The van der Waals surface area contributed by atoms with E-state index in [0.29, 0.717) is 17.9 Å². The lowest BCUT2D eigenvalue weighted by atomic mass is 10.1. The van der Waals surface area contributed by atoms with Crippen molar-refractivity contribution in [3.8, 4) is 11.5 Å². The molecule has 0 unspecified atom stereocenters. The zero-order valence-corrected chi connectivity index (χ0v) is 15.5. The van der Waals surface area contributed by atoms with Gasteiger partial charge in [-0.05, 0) is 56.2 Å². The molecule has 1 atom stereocenters. The number of carbonyl (C=O) groups excluding carboxylic acids is 1. The number of carbonyl (C=O) groups is 1. The molecule has 0 saturated heterocycles. The highest BCUT2D eigenvalue weighted by atomic mass is 16.5. The molecule has 0 bridgehead atoms. The van der Waals surface area contributed by atoms with Crippen LogP contribution >= 0.6 is 0 Å². The normalized spacial score (nSPS) is 11.7. The minimum absolute atomic E-state index is 0.0691. The van der Waals surface area contributed by atoms with Gasteiger partial charge in [0.2, 0.25) is 0 Å². The van der Waals surface area contributed by atoms with Crippen molar-refractivity contribution in [2.45, 2.75) is 46.3 Å².